The summed E-state index contributed by atoms with van der Waals surface area (Å²) in [6.07, 6.45) is 1.68. The highest BCUT2D eigenvalue weighted by Gasteiger charge is 2.19. The molecule has 0 aliphatic carbocycles. The van der Waals surface area contributed by atoms with Crippen LogP contribution >= 0.6 is 11.6 Å². The Morgan fingerprint density at radius 3 is 2.88 bits per heavy atom. The van der Waals surface area contributed by atoms with Crippen LogP contribution in [-0.4, -0.2) is 33.0 Å². The second-order valence-corrected chi connectivity index (χ2v) is 5.69. The van der Waals surface area contributed by atoms with Gasteiger partial charge in [-0.1, -0.05) is 22.9 Å². The molecular weight excluding hydrogens is 342 g/mol. The van der Waals surface area contributed by atoms with E-state index in [9.17, 15) is 4.79 Å². The first-order valence-electron chi connectivity index (χ1n) is 7.54. The molecule has 2 aromatic heterocycles. The summed E-state index contributed by atoms with van der Waals surface area (Å²) in [6.45, 7) is 2.07. The number of methoxy groups -OCH3 is 1. The van der Waals surface area contributed by atoms with Gasteiger partial charge in [0.25, 0.3) is 5.91 Å². The first-order chi connectivity index (χ1) is 12.1. The van der Waals surface area contributed by atoms with Gasteiger partial charge in [0, 0.05) is 11.2 Å². The molecule has 3 aromatic rings. The van der Waals surface area contributed by atoms with E-state index < -0.39 is 0 Å². The quantitative estimate of drug-likeness (QED) is 0.758. The van der Waals surface area contributed by atoms with E-state index in [-0.39, 0.29) is 11.6 Å². The summed E-state index contributed by atoms with van der Waals surface area (Å²) in [7, 11) is 1.56. The van der Waals surface area contributed by atoms with Crippen LogP contribution in [0.2, 0.25) is 5.02 Å². The Bertz CT molecular complexity index is 895. The zero-order chi connectivity index (χ0) is 17.8. The van der Waals surface area contributed by atoms with Gasteiger partial charge in [0.05, 0.1) is 25.0 Å². The van der Waals surface area contributed by atoms with Crippen molar-refractivity contribution in [2.24, 2.45) is 0 Å². The molecule has 0 aliphatic heterocycles. The molecule has 1 aromatic carbocycles. The fourth-order valence-corrected chi connectivity index (χ4v) is 2.52. The Labute approximate surface area is 149 Å². The van der Waals surface area contributed by atoms with Crippen LogP contribution in [0.15, 0.2) is 42.6 Å². The molecule has 0 bridgehead atoms. The standard InChI is InChI=1S/C17H16ClN5O2/c1-11-16(17(24)20-10-13-5-3-4-8-19-13)21-22-23(11)14-9-12(18)6-7-15(14)25-2/h3-9H,10H2,1-2H3,(H,20,24). The van der Waals surface area contributed by atoms with E-state index in [1.807, 2.05) is 18.2 Å². The van der Waals surface area contributed by atoms with Crippen molar-refractivity contribution in [3.63, 3.8) is 0 Å². The molecule has 128 valence electrons. The monoisotopic (exact) mass is 357 g/mol. The van der Waals surface area contributed by atoms with Crippen LogP contribution in [0.1, 0.15) is 21.9 Å². The molecule has 1 N–H and O–H groups in total. The van der Waals surface area contributed by atoms with Crippen LogP contribution in [0.25, 0.3) is 5.69 Å². The average Bonchev–Trinajstić information content (AvgIpc) is 3.02. The van der Waals surface area contributed by atoms with Gasteiger partial charge < -0.3 is 10.1 Å². The maximum Gasteiger partial charge on any atom is 0.274 e. The normalized spacial score (nSPS) is 10.5. The lowest BCUT2D eigenvalue weighted by Gasteiger charge is -2.10. The number of aromatic nitrogens is 4. The van der Waals surface area contributed by atoms with Crippen molar-refractivity contribution in [2.75, 3.05) is 7.11 Å². The summed E-state index contributed by atoms with van der Waals surface area (Å²) in [6, 6.07) is 10.7. The number of nitrogens with zero attached hydrogens (tertiary/aromatic N) is 4. The predicted octanol–water partition coefficient (Wildman–Crippen LogP) is 2.56. The Hall–Kier alpha value is -2.93. The summed E-state index contributed by atoms with van der Waals surface area (Å²) >= 11 is 6.06. The van der Waals surface area contributed by atoms with Crippen LogP contribution in [-0.2, 0) is 6.54 Å². The van der Waals surface area contributed by atoms with E-state index >= 15 is 0 Å². The van der Waals surface area contributed by atoms with Crippen LogP contribution in [0, 0.1) is 6.92 Å². The minimum absolute atomic E-state index is 0.234. The number of pyridine rings is 1. The number of amides is 1. The van der Waals surface area contributed by atoms with Gasteiger partial charge in [-0.2, -0.15) is 0 Å². The molecular formula is C17H16ClN5O2. The average molecular weight is 358 g/mol. The first-order valence-corrected chi connectivity index (χ1v) is 7.92. The molecule has 3 rings (SSSR count). The minimum atomic E-state index is -0.324. The smallest absolute Gasteiger partial charge is 0.274 e. The van der Waals surface area contributed by atoms with Crippen molar-refractivity contribution < 1.29 is 9.53 Å². The SMILES string of the molecule is COc1ccc(Cl)cc1-n1nnc(C(=O)NCc2ccccn2)c1C. The molecule has 1 amide bonds. The Balaban J connectivity index is 1.84. The maximum atomic E-state index is 12.4. The molecule has 0 fully saturated rings. The summed E-state index contributed by atoms with van der Waals surface area (Å²) in [4.78, 5) is 16.6. The minimum Gasteiger partial charge on any atom is -0.494 e. The molecule has 7 nitrogen and oxygen atoms in total. The van der Waals surface area contributed by atoms with Crippen LogP contribution in [0.5, 0.6) is 5.75 Å². The van der Waals surface area contributed by atoms with Crippen LogP contribution < -0.4 is 10.1 Å². The summed E-state index contributed by atoms with van der Waals surface area (Å²) in [5, 5.41) is 11.4. The van der Waals surface area contributed by atoms with Gasteiger partial charge in [0.2, 0.25) is 0 Å². The van der Waals surface area contributed by atoms with Gasteiger partial charge in [-0.3, -0.25) is 9.78 Å². The molecule has 2 heterocycles. The van der Waals surface area contributed by atoms with E-state index in [4.69, 9.17) is 16.3 Å². The van der Waals surface area contributed by atoms with E-state index in [2.05, 4.69) is 20.6 Å². The lowest BCUT2D eigenvalue weighted by atomic mass is 10.2. The number of hydrogen-bond acceptors (Lipinski definition) is 5. The third kappa shape index (κ3) is 3.61. The molecule has 0 radical (unpaired) electrons. The number of hydrogen-bond donors (Lipinski definition) is 1. The highest BCUT2D eigenvalue weighted by Crippen LogP contribution is 2.27. The molecule has 0 saturated carbocycles. The number of nitrogens with one attached hydrogen (secondary N) is 1. The van der Waals surface area contributed by atoms with Gasteiger partial charge in [0.1, 0.15) is 11.4 Å². The Morgan fingerprint density at radius 1 is 1.32 bits per heavy atom. The van der Waals surface area contributed by atoms with Crippen molar-refractivity contribution in [2.45, 2.75) is 13.5 Å². The first kappa shape index (κ1) is 16.9. The van der Waals surface area contributed by atoms with E-state index in [1.165, 1.54) is 4.68 Å². The molecule has 0 saturated heterocycles. The molecule has 8 heteroatoms. The van der Waals surface area contributed by atoms with Crippen molar-refractivity contribution >= 4 is 17.5 Å². The molecule has 0 aliphatic rings. The summed E-state index contributed by atoms with van der Waals surface area (Å²) in [5.74, 6) is 0.258. The Kier molecular flexibility index (Phi) is 4.95. The largest absolute Gasteiger partial charge is 0.494 e. The topological polar surface area (TPSA) is 81.9 Å². The van der Waals surface area contributed by atoms with Gasteiger partial charge in [-0.25, -0.2) is 4.68 Å². The van der Waals surface area contributed by atoms with Gasteiger partial charge >= 0.3 is 0 Å². The fraction of sp³-hybridized carbons (Fsp3) is 0.176. The summed E-state index contributed by atoms with van der Waals surface area (Å²) in [5.41, 5.74) is 2.19. The number of benzene rings is 1. The zero-order valence-electron chi connectivity index (χ0n) is 13.7. The second-order valence-electron chi connectivity index (χ2n) is 5.26. The van der Waals surface area contributed by atoms with Gasteiger partial charge in [-0.15, -0.1) is 5.10 Å². The Morgan fingerprint density at radius 2 is 2.16 bits per heavy atom. The zero-order valence-corrected chi connectivity index (χ0v) is 14.5. The number of rotatable bonds is 5. The van der Waals surface area contributed by atoms with Crippen LogP contribution in [0.4, 0.5) is 0 Å². The lowest BCUT2D eigenvalue weighted by molar-refractivity contribution is 0.0944. The van der Waals surface area contributed by atoms with Crippen LogP contribution in [0.3, 0.4) is 0 Å². The maximum absolute atomic E-state index is 12.4. The van der Waals surface area contributed by atoms with E-state index in [0.29, 0.717) is 28.7 Å². The van der Waals surface area contributed by atoms with E-state index in [1.54, 1.807) is 38.4 Å². The summed E-state index contributed by atoms with van der Waals surface area (Å²) < 4.78 is 6.86. The highest BCUT2D eigenvalue weighted by molar-refractivity contribution is 6.30. The molecule has 25 heavy (non-hydrogen) atoms. The number of halogens is 1. The second kappa shape index (κ2) is 7.31. The van der Waals surface area contributed by atoms with E-state index in [0.717, 1.165) is 5.69 Å². The van der Waals surface area contributed by atoms with Crippen molar-refractivity contribution in [3.05, 3.63) is 64.7 Å². The van der Waals surface area contributed by atoms with Gasteiger partial charge in [0.15, 0.2) is 5.69 Å². The number of carbonyl (C=O) groups is 1. The van der Waals surface area contributed by atoms with Crippen molar-refractivity contribution in [3.8, 4) is 11.4 Å². The third-order valence-electron chi connectivity index (χ3n) is 3.63. The molecule has 0 atom stereocenters. The third-order valence-corrected chi connectivity index (χ3v) is 3.87. The lowest BCUT2D eigenvalue weighted by Crippen LogP contribution is -2.24. The number of ether oxygens (including phenoxy) is 1. The molecule has 0 unspecified atom stereocenters. The van der Waals surface area contributed by atoms with Crippen molar-refractivity contribution in [1.82, 2.24) is 25.3 Å². The molecule has 0 spiro atoms. The van der Waals surface area contributed by atoms with Gasteiger partial charge in [-0.05, 0) is 37.3 Å². The fourth-order valence-electron chi connectivity index (χ4n) is 2.35. The van der Waals surface area contributed by atoms with Crippen molar-refractivity contribution in [1.29, 1.82) is 0 Å². The highest BCUT2D eigenvalue weighted by atomic mass is 35.5. The predicted molar refractivity (Wildman–Crippen MR) is 93.1 cm³/mol. The number of carbonyl (C=O) groups excluding carboxylic acids is 1.